The van der Waals surface area contributed by atoms with Crippen molar-refractivity contribution in [1.29, 1.82) is 0 Å². The van der Waals surface area contributed by atoms with Gasteiger partial charge in [0.1, 0.15) is 6.29 Å². The highest BCUT2D eigenvalue weighted by molar-refractivity contribution is 5.65. The van der Waals surface area contributed by atoms with Crippen LogP contribution in [0.15, 0.2) is 18.5 Å². The van der Waals surface area contributed by atoms with E-state index in [-0.39, 0.29) is 11.5 Å². The number of aromatic nitrogens is 1. The Labute approximate surface area is 112 Å². The molecule has 1 heterocycles. The first-order chi connectivity index (χ1) is 8.75. The van der Waals surface area contributed by atoms with Crippen LogP contribution < -0.4 is 11.1 Å². The second kappa shape index (κ2) is 5.82. The minimum atomic E-state index is -0.539. The fourth-order valence-corrected chi connectivity index (χ4v) is 1.57. The highest BCUT2D eigenvalue weighted by atomic mass is 19.1. The Hall–Kier alpha value is -1.91. The van der Waals surface area contributed by atoms with Gasteiger partial charge < -0.3 is 15.8 Å². The monoisotopic (exact) mass is 265 g/mol. The van der Waals surface area contributed by atoms with Gasteiger partial charge in [-0.15, -0.1) is 0 Å². The third-order valence-electron chi connectivity index (χ3n) is 2.88. The van der Waals surface area contributed by atoms with Crippen molar-refractivity contribution in [2.75, 3.05) is 0 Å². The van der Waals surface area contributed by atoms with Gasteiger partial charge in [0.05, 0.1) is 11.7 Å². The molecule has 19 heavy (non-hydrogen) atoms. The molecule has 1 aromatic rings. The largest absolute Gasteiger partial charge is 0.397 e. The van der Waals surface area contributed by atoms with Crippen LogP contribution in [-0.4, -0.2) is 17.3 Å². The quantitative estimate of drug-likeness (QED) is 0.645. The zero-order valence-electron chi connectivity index (χ0n) is 11.7. The molecule has 1 rings (SSSR count). The molecule has 3 N–H and O–H groups in total. The van der Waals surface area contributed by atoms with Gasteiger partial charge in [-0.05, 0) is 24.0 Å². The van der Waals surface area contributed by atoms with E-state index >= 15 is 0 Å². The summed E-state index contributed by atoms with van der Waals surface area (Å²) >= 11 is 0. The predicted octanol–water partition coefficient (Wildman–Crippen LogP) is 1.99. The van der Waals surface area contributed by atoms with E-state index in [9.17, 15) is 9.18 Å². The van der Waals surface area contributed by atoms with Crippen LogP contribution in [0.5, 0.6) is 0 Å². The second-order valence-electron chi connectivity index (χ2n) is 5.57. The molecular weight excluding hydrogens is 245 g/mol. The average Bonchev–Trinajstić information content (AvgIpc) is 2.27. The van der Waals surface area contributed by atoms with Crippen LogP contribution in [0, 0.1) is 18.3 Å². The molecule has 0 saturated heterocycles. The molecule has 0 fully saturated rings. The zero-order valence-corrected chi connectivity index (χ0v) is 11.7. The van der Waals surface area contributed by atoms with E-state index in [0.29, 0.717) is 16.8 Å². The number of carbonyl (C=O) groups excluding carboxylic acids is 1. The Morgan fingerprint density at radius 2 is 2.16 bits per heavy atom. The highest BCUT2D eigenvalue weighted by Crippen LogP contribution is 2.18. The Morgan fingerprint density at radius 1 is 1.53 bits per heavy atom. The molecule has 0 bridgehead atoms. The van der Waals surface area contributed by atoms with Gasteiger partial charge in [-0.25, -0.2) is 4.98 Å². The summed E-state index contributed by atoms with van der Waals surface area (Å²) in [5.74, 6) is -0.539. The number of halogens is 1. The molecule has 0 aromatic carbocycles. The van der Waals surface area contributed by atoms with E-state index in [4.69, 9.17) is 5.73 Å². The molecule has 1 atom stereocenters. The Balaban J connectivity index is 2.90. The smallest absolute Gasteiger partial charge is 0.213 e. The summed E-state index contributed by atoms with van der Waals surface area (Å²) in [6.07, 6.45) is 3.79. The number of nitrogens with zero attached hydrogens (tertiary/aromatic N) is 1. The van der Waals surface area contributed by atoms with E-state index in [0.717, 1.165) is 6.29 Å². The first-order valence-corrected chi connectivity index (χ1v) is 6.05. The van der Waals surface area contributed by atoms with Crippen molar-refractivity contribution in [3.8, 4) is 0 Å². The Morgan fingerprint density at radius 3 is 2.63 bits per heavy atom. The van der Waals surface area contributed by atoms with Gasteiger partial charge in [0.2, 0.25) is 5.95 Å². The van der Waals surface area contributed by atoms with Gasteiger partial charge in [-0.1, -0.05) is 20.8 Å². The lowest BCUT2D eigenvalue weighted by molar-refractivity contribution is -0.111. The highest BCUT2D eigenvalue weighted by Gasteiger charge is 2.22. The van der Waals surface area contributed by atoms with E-state index in [1.807, 2.05) is 20.8 Å². The molecule has 1 unspecified atom stereocenters. The van der Waals surface area contributed by atoms with Gasteiger partial charge in [0, 0.05) is 18.0 Å². The number of aryl methyl sites for hydroxylation is 1. The predicted molar refractivity (Wildman–Crippen MR) is 73.5 cm³/mol. The van der Waals surface area contributed by atoms with E-state index in [2.05, 4.69) is 10.3 Å². The average molecular weight is 265 g/mol. The third kappa shape index (κ3) is 4.05. The van der Waals surface area contributed by atoms with E-state index < -0.39 is 5.95 Å². The Kier molecular flexibility index (Phi) is 4.64. The molecule has 0 aliphatic rings. The number of hydrogen-bond acceptors (Lipinski definition) is 4. The molecule has 1 aromatic heterocycles. The van der Waals surface area contributed by atoms with Crippen LogP contribution in [-0.2, 0) is 4.79 Å². The Bertz CT molecular complexity index is 492. The maximum atomic E-state index is 12.9. The van der Waals surface area contributed by atoms with Crippen molar-refractivity contribution >= 4 is 12.0 Å². The summed E-state index contributed by atoms with van der Waals surface area (Å²) in [4.78, 5) is 14.6. The summed E-state index contributed by atoms with van der Waals surface area (Å²) in [6.45, 7) is 7.61. The van der Waals surface area contributed by atoms with Crippen LogP contribution in [0.3, 0.4) is 0 Å². The fraction of sp³-hybridized carbons (Fsp3) is 0.429. The SMILES string of the molecule is Cc1cc(F)ncc1/C(N)=C/NC(C=O)C(C)(C)C. The van der Waals surface area contributed by atoms with E-state index in [1.54, 1.807) is 13.1 Å². The summed E-state index contributed by atoms with van der Waals surface area (Å²) in [5, 5.41) is 2.97. The van der Waals surface area contributed by atoms with Gasteiger partial charge in [0.25, 0.3) is 0 Å². The van der Waals surface area contributed by atoms with Gasteiger partial charge in [-0.2, -0.15) is 4.39 Å². The van der Waals surface area contributed by atoms with Gasteiger partial charge in [0.15, 0.2) is 0 Å². The molecule has 104 valence electrons. The van der Waals surface area contributed by atoms with Gasteiger partial charge >= 0.3 is 0 Å². The molecule has 0 spiro atoms. The maximum absolute atomic E-state index is 12.9. The summed E-state index contributed by atoms with van der Waals surface area (Å²) in [7, 11) is 0. The minimum absolute atomic E-state index is 0.214. The summed E-state index contributed by atoms with van der Waals surface area (Å²) < 4.78 is 12.9. The number of rotatable bonds is 4. The minimum Gasteiger partial charge on any atom is -0.397 e. The molecule has 0 radical (unpaired) electrons. The number of nitrogens with two attached hydrogens (primary N) is 1. The van der Waals surface area contributed by atoms with Crippen molar-refractivity contribution < 1.29 is 9.18 Å². The molecule has 0 saturated carbocycles. The van der Waals surface area contributed by atoms with E-state index in [1.165, 1.54) is 12.3 Å². The standard InChI is InChI=1S/C14H20FN3O/c1-9-5-13(15)18-6-10(9)11(16)7-17-12(8-19)14(2,3)4/h5-8,12,17H,16H2,1-4H3/b11-7-. The molecule has 0 aliphatic carbocycles. The molecular formula is C14H20FN3O. The van der Waals surface area contributed by atoms with Gasteiger partial charge in [-0.3, -0.25) is 0 Å². The lowest BCUT2D eigenvalue weighted by Crippen LogP contribution is -2.39. The van der Waals surface area contributed by atoms with Crippen LogP contribution in [0.4, 0.5) is 4.39 Å². The summed E-state index contributed by atoms with van der Waals surface area (Å²) in [6, 6.07) is 0.969. The molecule has 0 aliphatic heterocycles. The number of aldehydes is 1. The van der Waals surface area contributed by atoms with Crippen molar-refractivity contribution in [3.63, 3.8) is 0 Å². The van der Waals surface area contributed by atoms with Crippen molar-refractivity contribution in [2.45, 2.75) is 33.7 Å². The van der Waals surface area contributed by atoms with Crippen LogP contribution >= 0.6 is 0 Å². The number of nitrogens with one attached hydrogen (secondary N) is 1. The topological polar surface area (TPSA) is 68.0 Å². The van der Waals surface area contributed by atoms with Crippen LogP contribution in [0.2, 0.25) is 0 Å². The first kappa shape index (κ1) is 15.1. The number of carbonyl (C=O) groups is 1. The molecule has 5 heteroatoms. The lowest BCUT2D eigenvalue weighted by atomic mass is 9.88. The fourth-order valence-electron chi connectivity index (χ4n) is 1.57. The summed E-state index contributed by atoms with van der Waals surface area (Å²) in [5.41, 5.74) is 7.46. The second-order valence-corrected chi connectivity index (χ2v) is 5.57. The normalized spacial score (nSPS) is 14.1. The zero-order chi connectivity index (χ0) is 14.6. The maximum Gasteiger partial charge on any atom is 0.213 e. The van der Waals surface area contributed by atoms with Crippen molar-refractivity contribution in [1.82, 2.24) is 10.3 Å². The molecule has 4 nitrogen and oxygen atoms in total. The van der Waals surface area contributed by atoms with Crippen molar-refractivity contribution in [3.05, 3.63) is 35.5 Å². The molecule has 0 amide bonds. The first-order valence-electron chi connectivity index (χ1n) is 6.05. The van der Waals surface area contributed by atoms with Crippen LogP contribution in [0.1, 0.15) is 31.9 Å². The number of hydrogen-bond donors (Lipinski definition) is 2. The van der Waals surface area contributed by atoms with Crippen molar-refractivity contribution in [2.24, 2.45) is 11.1 Å². The number of pyridine rings is 1. The third-order valence-corrected chi connectivity index (χ3v) is 2.88. The van der Waals surface area contributed by atoms with Crippen LogP contribution in [0.25, 0.3) is 5.70 Å². The lowest BCUT2D eigenvalue weighted by Gasteiger charge is -2.26.